The van der Waals surface area contributed by atoms with E-state index in [0.29, 0.717) is 11.0 Å². The maximum atomic E-state index is 12.9. The zero-order valence-corrected chi connectivity index (χ0v) is 14.1. The van der Waals surface area contributed by atoms with Crippen LogP contribution in [0.2, 0.25) is 5.02 Å². The minimum atomic E-state index is 0.0831. The molecular formula is C18H19ClN4O. The lowest BCUT2D eigenvalue weighted by atomic mass is 9.95. The summed E-state index contributed by atoms with van der Waals surface area (Å²) in [6.07, 6.45) is 5.86. The third-order valence-electron chi connectivity index (χ3n) is 4.89. The summed E-state index contributed by atoms with van der Waals surface area (Å²) in [6, 6.07) is 8.21. The number of carbonyl (C=O) groups is 1. The molecular weight excluding hydrogens is 324 g/mol. The van der Waals surface area contributed by atoms with Crippen LogP contribution in [0.5, 0.6) is 0 Å². The van der Waals surface area contributed by atoms with E-state index in [0.717, 1.165) is 44.6 Å². The number of hydrogen-bond donors (Lipinski definition) is 0. The number of nitrogens with zero attached hydrogens (tertiary/aromatic N) is 4. The van der Waals surface area contributed by atoms with E-state index in [1.807, 2.05) is 17.0 Å². The Hall–Kier alpha value is -2.14. The molecule has 0 atom stereocenters. The topological polar surface area (TPSA) is 49.3 Å². The molecule has 2 aliphatic heterocycles. The van der Waals surface area contributed by atoms with Gasteiger partial charge in [-0.05, 0) is 30.9 Å². The molecule has 6 heteroatoms. The number of halogens is 1. The third kappa shape index (κ3) is 2.84. The summed E-state index contributed by atoms with van der Waals surface area (Å²) >= 11 is 5.84. The molecule has 4 rings (SSSR count). The van der Waals surface area contributed by atoms with Crippen LogP contribution in [0.1, 0.15) is 18.4 Å². The maximum absolute atomic E-state index is 12.9. The summed E-state index contributed by atoms with van der Waals surface area (Å²) in [5.41, 5.74) is 2.36. The molecule has 0 unspecified atom stereocenters. The van der Waals surface area contributed by atoms with Gasteiger partial charge in [0.2, 0.25) is 11.9 Å². The van der Waals surface area contributed by atoms with Gasteiger partial charge >= 0.3 is 0 Å². The van der Waals surface area contributed by atoms with Crippen molar-refractivity contribution in [2.75, 3.05) is 29.4 Å². The van der Waals surface area contributed by atoms with Crippen molar-refractivity contribution in [1.29, 1.82) is 0 Å². The van der Waals surface area contributed by atoms with E-state index >= 15 is 0 Å². The predicted octanol–water partition coefficient (Wildman–Crippen LogP) is 2.94. The van der Waals surface area contributed by atoms with Crippen molar-refractivity contribution < 1.29 is 4.79 Å². The predicted molar refractivity (Wildman–Crippen MR) is 94.5 cm³/mol. The zero-order chi connectivity index (χ0) is 16.5. The second-order valence-electron chi connectivity index (χ2n) is 6.33. The summed E-state index contributed by atoms with van der Waals surface area (Å²) in [4.78, 5) is 25.5. The van der Waals surface area contributed by atoms with E-state index in [1.165, 1.54) is 5.56 Å². The summed E-state index contributed by atoms with van der Waals surface area (Å²) in [5, 5.41) is 0.538. The van der Waals surface area contributed by atoms with Crippen LogP contribution in [0.25, 0.3) is 0 Å². The lowest BCUT2D eigenvalue weighted by Crippen LogP contribution is -2.42. The van der Waals surface area contributed by atoms with Gasteiger partial charge in [-0.2, -0.15) is 0 Å². The van der Waals surface area contributed by atoms with E-state index < -0.39 is 0 Å². The Kier molecular flexibility index (Phi) is 4.10. The van der Waals surface area contributed by atoms with E-state index in [1.54, 1.807) is 12.4 Å². The fraction of sp³-hybridized carbons (Fsp3) is 0.389. The van der Waals surface area contributed by atoms with Crippen molar-refractivity contribution in [3.05, 3.63) is 47.2 Å². The van der Waals surface area contributed by atoms with Gasteiger partial charge in [0.15, 0.2) is 0 Å². The van der Waals surface area contributed by atoms with Crippen LogP contribution in [0.3, 0.4) is 0 Å². The summed E-state index contributed by atoms with van der Waals surface area (Å²) < 4.78 is 0. The molecule has 1 saturated heterocycles. The normalized spacial score (nSPS) is 17.9. The van der Waals surface area contributed by atoms with Crippen LogP contribution in [0.4, 0.5) is 11.6 Å². The SMILES string of the molecule is O=C(C1CCN(c2ncc(Cl)cn2)CC1)N1CCc2ccccc21. The third-order valence-corrected chi connectivity index (χ3v) is 5.08. The molecule has 0 aliphatic carbocycles. The van der Waals surface area contributed by atoms with E-state index in [2.05, 4.69) is 27.0 Å². The van der Waals surface area contributed by atoms with Gasteiger partial charge in [0.05, 0.1) is 17.4 Å². The molecule has 0 N–H and O–H groups in total. The van der Waals surface area contributed by atoms with Gasteiger partial charge in [0, 0.05) is 31.2 Å². The number of benzene rings is 1. The maximum Gasteiger partial charge on any atom is 0.230 e. The summed E-state index contributed by atoms with van der Waals surface area (Å²) in [5.74, 6) is 1.04. The monoisotopic (exact) mass is 342 g/mol. The van der Waals surface area contributed by atoms with E-state index in [4.69, 9.17) is 11.6 Å². The van der Waals surface area contributed by atoms with Crippen molar-refractivity contribution in [1.82, 2.24) is 9.97 Å². The number of aromatic nitrogens is 2. The first-order chi connectivity index (χ1) is 11.7. The minimum absolute atomic E-state index is 0.0831. The minimum Gasteiger partial charge on any atom is -0.341 e. The largest absolute Gasteiger partial charge is 0.341 e. The highest BCUT2D eigenvalue weighted by atomic mass is 35.5. The van der Waals surface area contributed by atoms with Crippen LogP contribution in [-0.2, 0) is 11.2 Å². The van der Waals surface area contributed by atoms with Crippen molar-refractivity contribution in [3.63, 3.8) is 0 Å². The molecule has 2 aliphatic rings. The number of piperidine rings is 1. The van der Waals surface area contributed by atoms with Gasteiger partial charge in [-0.1, -0.05) is 29.8 Å². The first-order valence-electron chi connectivity index (χ1n) is 8.34. The average molecular weight is 343 g/mol. The highest BCUT2D eigenvalue weighted by Crippen LogP contribution is 2.31. The molecule has 0 radical (unpaired) electrons. The molecule has 2 aromatic rings. The Bertz CT molecular complexity index is 741. The number of fused-ring (bicyclic) bond motifs is 1. The van der Waals surface area contributed by atoms with Crippen LogP contribution in [0.15, 0.2) is 36.7 Å². The molecule has 1 aromatic heterocycles. The lowest BCUT2D eigenvalue weighted by molar-refractivity contribution is -0.122. The first kappa shape index (κ1) is 15.4. The van der Waals surface area contributed by atoms with Crippen molar-refractivity contribution in [2.24, 2.45) is 5.92 Å². The Morgan fingerprint density at radius 2 is 1.79 bits per heavy atom. The number of amides is 1. The Labute approximate surface area is 146 Å². The molecule has 1 fully saturated rings. The smallest absolute Gasteiger partial charge is 0.230 e. The first-order valence-corrected chi connectivity index (χ1v) is 8.72. The molecule has 3 heterocycles. The fourth-order valence-electron chi connectivity index (χ4n) is 3.58. The number of para-hydroxylation sites is 1. The van der Waals surface area contributed by atoms with Gasteiger partial charge < -0.3 is 9.80 Å². The molecule has 0 spiro atoms. The summed E-state index contributed by atoms with van der Waals surface area (Å²) in [7, 11) is 0. The summed E-state index contributed by atoms with van der Waals surface area (Å²) in [6.45, 7) is 2.40. The molecule has 124 valence electrons. The van der Waals surface area contributed by atoms with E-state index in [-0.39, 0.29) is 11.8 Å². The highest BCUT2D eigenvalue weighted by molar-refractivity contribution is 6.30. The standard InChI is InChI=1S/C18H19ClN4O/c19-15-11-20-18(21-12-15)22-8-5-14(6-9-22)17(24)23-10-7-13-3-1-2-4-16(13)23/h1-4,11-12,14H,5-10H2. The molecule has 5 nitrogen and oxygen atoms in total. The number of anilines is 2. The van der Waals surface area contributed by atoms with E-state index in [9.17, 15) is 4.79 Å². The molecule has 0 bridgehead atoms. The second kappa shape index (κ2) is 6.40. The molecule has 24 heavy (non-hydrogen) atoms. The van der Waals surface area contributed by atoms with Gasteiger partial charge in [-0.25, -0.2) is 9.97 Å². The van der Waals surface area contributed by atoms with Crippen LogP contribution in [-0.4, -0.2) is 35.5 Å². The number of carbonyl (C=O) groups excluding carboxylic acids is 1. The Morgan fingerprint density at radius 1 is 1.08 bits per heavy atom. The van der Waals surface area contributed by atoms with Gasteiger partial charge in [-0.15, -0.1) is 0 Å². The quantitative estimate of drug-likeness (QED) is 0.842. The molecule has 1 aromatic carbocycles. The van der Waals surface area contributed by atoms with Gasteiger partial charge in [0.1, 0.15) is 0 Å². The number of hydrogen-bond acceptors (Lipinski definition) is 4. The number of rotatable bonds is 2. The Balaban J connectivity index is 1.41. The van der Waals surface area contributed by atoms with Crippen LogP contribution >= 0.6 is 11.6 Å². The lowest BCUT2D eigenvalue weighted by Gasteiger charge is -2.33. The molecule has 1 amide bonds. The second-order valence-corrected chi connectivity index (χ2v) is 6.77. The average Bonchev–Trinajstić information content (AvgIpc) is 3.06. The Morgan fingerprint density at radius 3 is 2.54 bits per heavy atom. The van der Waals surface area contributed by atoms with Crippen molar-refractivity contribution in [3.8, 4) is 0 Å². The van der Waals surface area contributed by atoms with Gasteiger partial charge in [0.25, 0.3) is 0 Å². The fourth-order valence-corrected chi connectivity index (χ4v) is 3.68. The highest BCUT2D eigenvalue weighted by Gasteiger charge is 2.32. The van der Waals surface area contributed by atoms with Gasteiger partial charge in [-0.3, -0.25) is 4.79 Å². The van der Waals surface area contributed by atoms with Crippen LogP contribution in [0, 0.1) is 5.92 Å². The van der Waals surface area contributed by atoms with Crippen molar-refractivity contribution >= 4 is 29.1 Å². The zero-order valence-electron chi connectivity index (χ0n) is 13.4. The molecule has 0 saturated carbocycles. The van der Waals surface area contributed by atoms with Crippen LogP contribution < -0.4 is 9.80 Å². The van der Waals surface area contributed by atoms with Crippen molar-refractivity contribution in [2.45, 2.75) is 19.3 Å².